The molecule has 8 heteroatoms. The number of alkyl halides is 1. The van der Waals surface area contributed by atoms with Crippen LogP contribution in [0.25, 0.3) is 0 Å². The van der Waals surface area contributed by atoms with Crippen LogP contribution in [0.15, 0.2) is 0 Å². The molecule has 96 valence electrons. The van der Waals surface area contributed by atoms with Crippen molar-refractivity contribution in [3.8, 4) is 0 Å². The maximum Gasteiger partial charge on any atom is 0.187 e. The Hall–Kier alpha value is -0.0400. The number of hydrogen-bond acceptors (Lipinski definition) is 5. The average molecular weight is 315 g/mol. The molecule has 1 saturated heterocycles. The highest BCUT2D eigenvalue weighted by Crippen LogP contribution is 2.32. The Kier molecular flexibility index (Phi) is 3.87. The Morgan fingerprint density at radius 1 is 1.59 bits per heavy atom. The molecule has 0 bridgehead atoms. The highest BCUT2D eigenvalue weighted by molar-refractivity contribution is 7.91. The van der Waals surface area contributed by atoms with Crippen molar-refractivity contribution in [3.05, 3.63) is 10.0 Å². The van der Waals surface area contributed by atoms with Gasteiger partial charge in [-0.15, -0.1) is 11.6 Å². The van der Waals surface area contributed by atoms with Crippen molar-refractivity contribution in [1.29, 1.82) is 0 Å². The molecule has 4 nitrogen and oxygen atoms in total. The van der Waals surface area contributed by atoms with Crippen LogP contribution in [-0.4, -0.2) is 37.5 Å². The van der Waals surface area contributed by atoms with Gasteiger partial charge in [0.2, 0.25) is 0 Å². The summed E-state index contributed by atoms with van der Waals surface area (Å²) in [6.07, 6.45) is 0. The van der Waals surface area contributed by atoms with Gasteiger partial charge in [-0.3, -0.25) is 0 Å². The Bertz CT molecular complexity index is 515. The van der Waals surface area contributed by atoms with Gasteiger partial charge in [-0.05, 0) is 6.92 Å². The minimum atomic E-state index is -2.91. The monoisotopic (exact) mass is 314 g/mol. The largest absolute Gasteiger partial charge is 0.343 e. The van der Waals surface area contributed by atoms with E-state index in [4.69, 9.17) is 23.2 Å². The van der Waals surface area contributed by atoms with E-state index in [0.717, 1.165) is 10.0 Å². The Balaban J connectivity index is 2.23. The second-order valence-corrected chi connectivity index (χ2v) is 7.92. The minimum Gasteiger partial charge on any atom is -0.343 e. The van der Waals surface area contributed by atoms with E-state index in [9.17, 15) is 8.42 Å². The molecule has 1 aliphatic rings. The summed E-state index contributed by atoms with van der Waals surface area (Å²) in [5.74, 6) is 0.669. The summed E-state index contributed by atoms with van der Waals surface area (Å²) >= 11 is 13.1. The van der Waals surface area contributed by atoms with Crippen LogP contribution in [0.5, 0.6) is 0 Å². The van der Waals surface area contributed by atoms with E-state index < -0.39 is 9.84 Å². The standard InChI is InChI=1S/C9H12Cl2N2O2S2/c1-6-5-17(14,15)3-2-13(6)9-12-8(11)7(4-10)16-9/h6H,2-5H2,1H3. The molecule has 0 aromatic carbocycles. The molecule has 1 aromatic heterocycles. The zero-order valence-electron chi connectivity index (χ0n) is 9.19. The van der Waals surface area contributed by atoms with Crippen LogP contribution in [-0.2, 0) is 15.7 Å². The van der Waals surface area contributed by atoms with Crippen molar-refractivity contribution >= 4 is 49.5 Å². The van der Waals surface area contributed by atoms with Gasteiger partial charge in [-0.2, -0.15) is 0 Å². The topological polar surface area (TPSA) is 50.3 Å². The maximum absolute atomic E-state index is 11.5. The Morgan fingerprint density at radius 3 is 2.82 bits per heavy atom. The zero-order chi connectivity index (χ0) is 12.6. The van der Waals surface area contributed by atoms with Gasteiger partial charge in [-0.25, -0.2) is 13.4 Å². The predicted molar refractivity (Wildman–Crippen MR) is 72.1 cm³/mol. The molecular weight excluding hydrogens is 303 g/mol. The van der Waals surface area contributed by atoms with Gasteiger partial charge in [0.05, 0.1) is 22.3 Å². The van der Waals surface area contributed by atoms with E-state index in [1.54, 1.807) is 0 Å². The zero-order valence-corrected chi connectivity index (χ0v) is 12.3. The summed E-state index contributed by atoms with van der Waals surface area (Å²) in [7, 11) is -2.91. The highest BCUT2D eigenvalue weighted by atomic mass is 35.5. The van der Waals surface area contributed by atoms with E-state index in [1.807, 2.05) is 11.8 Å². The van der Waals surface area contributed by atoms with E-state index >= 15 is 0 Å². The number of hydrogen-bond donors (Lipinski definition) is 0. The smallest absolute Gasteiger partial charge is 0.187 e. The van der Waals surface area contributed by atoms with E-state index in [1.165, 1.54) is 11.3 Å². The van der Waals surface area contributed by atoms with Gasteiger partial charge in [0, 0.05) is 12.6 Å². The van der Waals surface area contributed by atoms with Crippen molar-refractivity contribution in [3.63, 3.8) is 0 Å². The lowest BCUT2D eigenvalue weighted by Gasteiger charge is -2.32. The van der Waals surface area contributed by atoms with E-state index in [-0.39, 0.29) is 17.5 Å². The fourth-order valence-corrected chi connectivity index (χ4v) is 4.97. The first-order valence-corrected chi connectivity index (χ1v) is 8.66. The number of halogens is 2. The van der Waals surface area contributed by atoms with Crippen molar-refractivity contribution in [2.75, 3.05) is 23.0 Å². The van der Waals surface area contributed by atoms with Crippen LogP contribution in [0, 0.1) is 0 Å². The third-order valence-corrected chi connectivity index (χ3v) is 6.41. The second-order valence-electron chi connectivity index (χ2n) is 4.00. The first-order valence-electron chi connectivity index (χ1n) is 5.11. The molecule has 0 radical (unpaired) electrons. The minimum absolute atomic E-state index is 0.0702. The molecule has 17 heavy (non-hydrogen) atoms. The fourth-order valence-electron chi connectivity index (χ4n) is 1.81. The molecule has 1 unspecified atom stereocenters. The van der Waals surface area contributed by atoms with Crippen LogP contribution in [0.4, 0.5) is 5.13 Å². The second kappa shape index (κ2) is 4.91. The normalized spacial score (nSPS) is 23.9. The summed E-state index contributed by atoms with van der Waals surface area (Å²) in [6, 6.07) is -0.0702. The first kappa shape index (κ1) is 13.4. The van der Waals surface area contributed by atoms with Gasteiger partial charge in [-0.1, -0.05) is 22.9 Å². The van der Waals surface area contributed by atoms with Crippen LogP contribution < -0.4 is 4.90 Å². The molecule has 1 aliphatic heterocycles. The highest BCUT2D eigenvalue weighted by Gasteiger charge is 2.30. The van der Waals surface area contributed by atoms with Crippen molar-refractivity contribution in [2.45, 2.75) is 18.8 Å². The molecule has 0 amide bonds. The lowest BCUT2D eigenvalue weighted by atomic mass is 10.3. The van der Waals surface area contributed by atoms with E-state index in [2.05, 4.69) is 4.98 Å². The number of aromatic nitrogens is 1. The van der Waals surface area contributed by atoms with Crippen LogP contribution in [0.2, 0.25) is 5.15 Å². The summed E-state index contributed by atoms with van der Waals surface area (Å²) < 4.78 is 23.0. The summed E-state index contributed by atoms with van der Waals surface area (Å²) in [6.45, 7) is 2.35. The number of rotatable bonds is 2. The molecule has 2 rings (SSSR count). The summed E-state index contributed by atoms with van der Waals surface area (Å²) in [5.41, 5.74) is 0. The third-order valence-electron chi connectivity index (χ3n) is 2.68. The quantitative estimate of drug-likeness (QED) is 0.785. The van der Waals surface area contributed by atoms with Gasteiger partial charge >= 0.3 is 0 Å². The predicted octanol–water partition coefficient (Wildman–Crippen LogP) is 2.16. The lowest BCUT2D eigenvalue weighted by molar-refractivity contribution is 0.568. The SMILES string of the molecule is CC1CS(=O)(=O)CCN1c1nc(Cl)c(CCl)s1. The van der Waals surface area contributed by atoms with Gasteiger partial charge < -0.3 is 4.90 Å². The molecule has 0 N–H and O–H groups in total. The molecule has 0 aliphatic carbocycles. The lowest BCUT2D eigenvalue weighted by Crippen LogP contribution is -2.46. The molecule has 0 spiro atoms. The number of anilines is 1. The fraction of sp³-hybridized carbons (Fsp3) is 0.667. The number of sulfone groups is 1. The van der Waals surface area contributed by atoms with E-state index in [0.29, 0.717) is 17.6 Å². The van der Waals surface area contributed by atoms with Gasteiger partial charge in [0.15, 0.2) is 15.0 Å². The molecule has 1 aromatic rings. The van der Waals surface area contributed by atoms with Crippen LogP contribution in [0.3, 0.4) is 0 Å². The van der Waals surface area contributed by atoms with Gasteiger partial charge in [0.25, 0.3) is 0 Å². The third kappa shape index (κ3) is 2.86. The molecular formula is C9H12Cl2N2O2S2. The molecule has 1 atom stereocenters. The maximum atomic E-state index is 11.5. The summed E-state index contributed by atoms with van der Waals surface area (Å²) in [5, 5.41) is 1.17. The van der Waals surface area contributed by atoms with Crippen LogP contribution in [0.1, 0.15) is 11.8 Å². The van der Waals surface area contributed by atoms with Crippen LogP contribution >= 0.6 is 34.5 Å². The molecule has 0 saturated carbocycles. The molecule has 1 fully saturated rings. The van der Waals surface area contributed by atoms with Gasteiger partial charge in [0.1, 0.15) is 5.15 Å². The average Bonchev–Trinajstić information content (AvgIpc) is 2.58. The number of thiazole rings is 1. The Labute approximate surface area is 114 Å². The van der Waals surface area contributed by atoms with Crippen molar-refractivity contribution in [1.82, 2.24) is 4.98 Å². The van der Waals surface area contributed by atoms with Crippen molar-refractivity contribution < 1.29 is 8.42 Å². The molecule has 2 heterocycles. The summed E-state index contributed by atoms with van der Waals surface area (Å²) in [4.78, 5) is 7.04. The number of nitrogens with zero attached hydrogens (tertiary/aromatic N) is 2. The van der Waals surface area contributed by atoms with Crippen molar-refractivity contribution in [2.24, 2.45) is 0 Å². The Morgan fingerprint density at radius 2 is 2.29 bits per heavy atom. The first-order chi connectivity index (χ1) is 7.93.